The molecule has 1 aliphatic heterocycles. The molecule has 0 aromatic heterocycles. The van der Waals surface area contributed by atoms with Crippen LogP contribution < -0.4 is 15.8 Å². The van der Waals surface area contributed by atoms with Gasteiger partial charge in [-0.2, -0.15) is 0 Å². The minimum atomic E-state index is -1.26. The number of likely N-dealkylation sites (N-methyl/N-ethyl adjacent to an activating group) is 1. The monoisotopic (exact) mass is 602 g/mol. The molecule has 0 bridgehead atoms. The van der Waals surface area contributed by atoms with Gasteiger partial charge in [0.2, 0.25) is 11.8 Å². The Bertz CT molecular complexity index is 1570. The smallest absolute Gasteiger partial charge is 0.320 e. The molecular formula is C33H38N4O7. The second-order valence-corrected chi connectivity index (χ2v) is 11.5. The zero-order chi connectivity index (χ0) is 32.1. The maximum Gasteiger partial charge on any atom is 0.320 e. The van der Waals surface area contributed by atoms with Crippen molar-refractivity contribution in [3.63, 3.8) is 0 Å². The second kappa shape index (κ2) is 13.7. The number of ether oxygens (including phenoxy) is 1. The maximum atomic E-state index is 13.7. The topological polar surface area (TPSA) is 159 Å². The summed E-state index contributed by atoms with van der Waals surface area (Å²) in [5, 5.41) is 14.5. The largest absolute Gasteiger partial charge is 0.497 e. The van der Waals surface area contributed by atoms with Crippen LogP contribution in [-0.4, -0.2) is 83.3 Å². The lowest BCUT2D eigenvalue weighted by atomic mass is 9.99. The van der Waals surface area contributed by atoms with Crippen molar-refractivity contribution < 1.29 is 33.8 Å². The van der Waals surface area contributed by atoms with Crippen LogP contribution in [0.25, 0.3) is 10.8 Å². The van der Waals surface area contributed by atoms with Crippen molar-refractivity contribution in [2.75, 3.05) is 20.7 Å². The van der Waals surface area contributed by atoms with Crippen molar-refractivity contribution in [2.45, 2.75) is 51.2 Å². The van der Waals surface area contributed by atoms with Crippen LogP contribution in [0.5, 0.6) is 5.75 Å². The van der Waals surface area contributed by atoms with Crippen LogP contribution in [0.2, 0.25) is 0 Å². The lowest BCUT2D eigenvalue weighted by Gasteiger charge is -2.32. The maximum absolute atomic E-state index is 13.7. The van der Waals surface area contributed by atoms with Crippen molar-refractivity contribution in [3.8, 4) is 5.75 Å². The van der Waals surface area contributed by atoms with E-state index in [0.717, 1.165) is 21.2 Å². The standard InChI is InChI=1S/C33H38N4O7/c1-19(2)14-27(32(41)36(3)28(29(34)38)15-20-8-6-5-7-9-20)35-26(33(42)43)12-13-37-30(39)24-17-21-10-11-23(44-4)16-22(21)18-25(24)31(37)40/h5-11,16-19,26-28,35H,12-15H2,1-4H3,(H2,34,38)(H,42,43)/t26-,27+,28+/m1/s1. The minimum absolute atomic E-state index is 0.00411. The van der Waals surface area contributed by atoms with Gasteiger partial charge in [0.15, 0.2) is 0 Å². The number of carbonyl (C=O) groups excluding carboxylic acids is 4. The predicted molar refractivity (Wildman–Crippen MR) is 164 cm³/mol. The molecule has 0 saturated heterocycles. The Kier molecular flexibility index (Phi) is 10.00. The number of aliphatic carboxylic acids is 1. The third-order valence-corrected chi connectivity index (χ3v) is 7.90. The summed E-state index contributed by atoms with van der Waals surface area (Å²) in [5.74, 6) is -2.80. The van der Waals surface area contributed by atoms with E-state index in [4.69, 9.17) is 10.5 Å². The first-order valence-electron chi connectivity index (χ1n) is 14.5. The lowest BCUT2D eigenvalue weighted by molar-refractivity contribution is -0.143. The molecule has 0 spiro atoms. The van der Waals surface area contributed by atoms with Gasteiger partial charge in [-0.15, -0.1) is 0 Å². The summed E-state index contributed by atoms with van der Waals surface area (Å²) in [6, 6.07) is 14.6. The first-order valence-corrected chi connectivity index (χ1v) is 14.5. The number of hydrogen-bond acceptors (Lipinski definition) is 7. The number of benzene rings is 3. The number of methoxy groups -OCH3 is 1. The molecular weight excluding hydrogens is 564 g/mol. The highest BCUT2D eigenvalue weighted by molar-refractivity contribution is 6.23. The minimum Gasteiger partial charge on any atom is -0.497 e. The average molecular weight is 603 g/mol. The van der Waals surface area contributed by atoms with Crippen molar-refractivity contribution in [2.24, 2.45) is 11.7 Å². The fourth-order valence-corrected chi connectivity index (χ4v) is 5.50. The van der Waals surface area contributed by atoms with E-state index in [1.807, 2.05) is 44.2 Å². The molecule has 0 fully saturated rings. The molecule has 0 saturated carbocycles. The molecule has 1 heterocycles. The van der Waals surface area contributed by atoms with E-state index in [1.54, 1.807) is 30.3 Å². The number of fused-ring (bicyclic) bond motifs is 2. The fourth-order valence-electron chi connectivity index (χ4n) is 5.50. The molecule has 0 unspecified atom stereocenters. The summed E-state index contributed by atoms with van der Waals surface area (Å²) in [4.78, 5) is 67.2. The van der Waals surface area contributed by atoms with Crippen LogP contribution in [-0.2, 0) is 20.8 Å². The normalized spacial score (nSPS) is 14.8. The Balaban J connectivity index is 1.50. The van der Waals surface area contributed by atoms with Gasteiger partial charge in [-0.1, -0.05) is 50.2 Å². The van der Waals surface area contributed by atoms with E-state index in [1.165, 1.54) is 19.1 Å². The predicted octanol–water partition coefficient (Wildman–Crippen LogP) is 2.85. The van der Waals surface area contributed by atoms with Gasteiger partial charge in [0, 0.05) is 20.0 Å². The average Bonchev–Trinajstić information content (AvgIpc) is 3.22. The molecule has 0 radical (unpaired) electrons. The number of carboxylic acids is 1. The first-order chi connectivity index (χ1) is 20.9. The molecule has 11 nitrogen and oxygen atoms in total. The molecule has 44 heavy (non-hydrogen) atoms. The molecule has 3 aromatic carbocycles. The number of nitrogens with one attached hydrogen (secondary N) is 1. The summed E-state index contributed by atoms with van der Waals surface area (Å²) in [6.07, 6.45) is 0.354. The van der Waals surface area contributed by atoms with Gasteiger partial charge in [0.05, 0.1) is 24.3 Å². The summed E-state index contributed by atoms with van der Waals surface area (Å²) in [7, 11) is 3.01. The highest BCUT2D eigenvalue weighted by Gasteiger charge is 2.38. The molecule has 0 aliphatic carbocycles. The van der Waals surface area contributed by atoms with Gasteiger partial charge >= 0.3 is 5.97 Å². The van der Waals surface area contributed by atoms with Crippen molar-refractivity contribution in [1.29, 1.82) is 0 Å². The van der Waals surface area contributed by atoms with Gasteiger partial charge in [-0.05, 0) is 59.4 Å². The highest BCUT2D eigenvalue weighted by atomic mass is 16.5. The van der Waals surface area contributed by atoms with Gasteiger partial charge in [0.25, 0.3) is 11.8 Å². The number of carbonyl (C=O) groups is 5. The number of carboxylic acid groups (broad SMARTS) is 1. The number of primary amides is 1. The molecule has 4 rings (SSSR count). The molecule has 4 N–H and O–H groups in total. The van der Waals surface area contributed by atoms with Crippen LogP contribution >= 0.6 is 0 Å². The summed E-state index contributed by atoms with van der Waals surface area (Å²) >= 11 is 0. The Morgan fingerprint density at radius 1 is 0.955 bits per heavy atom. The van der Waals surface area contributed by atoms with Crippen molar-refractivity contribution in [1.82, 2.24) is 15.1 Å². The van der Waals surface area contributed by atoms with Gasteiger partial charge in [0.1, 0.15) is 17.8 Å². The van der Waals surface area contributed by atoms with Crippen molar-refractivity contribution in [3.05, 3.63) is 77.4 Å². The van der Waals surface area contributed by atoms with Crippen molar-refractivity contribution >= 4 is 40.4 Å². The number of amides is 4. The van der Waals surface area contributed by atoms with Gasteiger partial charge < -0.3 is 20.5 Å². The summed E-state index contributed by atoms with van der Waals surface area (Å²) < 4.78 is 5.26. The zero-order valence-corrected chi connectivity index (χ0v) is 25.3. The Morgan fingerprint density at radius 3 is 2.16 bits per heavy atom. The number of nitrogens with two attached hydrogens (primary N) is 1. The first kappa shape index (κ1) is 32.2. The molecule has 232 valence electrons. The molecule has 11 heteroatoms. The third kappa shape index (κ3) is 7.05. The number of hydrogen-bond donors (Lipinski definition) is 3. The third-order valence-electron chi connectivity index (χ3n) is 7.90. The zero-order valence-electron chi connectivity index (χ0n) is 25.3. The van der Waals surface area contributed by atoms with Crippen LogP contribution in [0.3, 0.4) is 0 Å². The van der Waals surface area contributed by atoms with Crippen LogP contribution in [0.4, 0.5) is 0 Å². The van der Waals surface area contributed by atoms with E-state index >= 15 is 0 Å². The van der Waals surface area contributed by atoms with Crippen LogP contribution in [0.15, 0.2) is 60.7 Å². The number of imide groups is 1. The second-order valence-electron chi connectivity index (χ2n) is 11.5. The number of nitrogens with zero attached hydrogens (tertiary/aromatic N) is 2. The Hall–Kier alpha value is -4.77. The van der Waals surface area contributed by atoms with Gasteiger partial charge in [-0.3, -0.25) is 34.2 Å². The molecule has 1 aliphatic rings. The molecule has 3 atom stereocenters. The fraction of sp³-hybridized carbons (Fsp3) is 0.364. The van der Waals surface area contributed by atoms with E-state index in [-0.39, 0.29) is 42.9 Å². The summed E-state index contributed by atoms with van der Waals surface area (Å²) in [5.41, 5.74) is 6.98. The van der Waals surface area contributed by atoms with E-state index in [2.05, 4.69) is 5.32 Å². The SMILES string of the molecule is COc1ccc2cc3c(cc2c1)C(=O)N(CC[C@@H](N[C@@H](CC(C)C)C(=O)N(C)[C@@H](Cc1ccccc1)C(N)=O)C(=O)O)C3=O. The Morgan fingerprint density at radius 2 is 1.59 bits per heavy atom. The van der Waals surface area contributed by atoms with E-state index in [9.17, 15) is 29.1 Å². The highest BCUT2D eigenvalue weighted by Crippen LogP contribution is 2.30. The molecule has 3 aromatic rings. The van der Waals surface area contributed by atoms with Crippen LogP contribution in [0.1, 0.15) is 53.0 Å². The van der Waals surface area contributed by atoms with Crippen LogP contribution in [0, 0.1) is 5.92 Å². The van der Waals surface area contributed by atoms with Gasteiger partial charge in [-0.25, -0.2) is 0 Å². The Labute approximate surface area is 255 Å². The van der Waals surface area contributed by atoms with E-state index in [0.29, 0.717) is 5.75 Å². The van der Waals surface area contributed by atoms with E-state index < -0.39 is 47.7 Å². The lowest BCUT2D eigenvalue weighted by Crippen LogP contribution is -2.56. The number of rotatable bonds is 14. The quantitative estimate of drug-likeness (QED) is 0.238. The molecule has 4 amide bonds. The summed E-state index contributed by atoms with van der Waals surface area (Å²) in [6.45, 7) is 3.61.